The van der Waals surface area contributed by atoms with Crippen LogP contribution in [0, 0.1) is 6.92 Å². The molecule has 2 aromatic carbocycles. The first-order valence-corrected chi connectivity index (χ1v) is 9.28. The van der Waals surface area contributed by atoms with Gasteiger partial charge < -0.3 is 10.6 Å². The molecule has 0 fully saturated rings. The molecule has 0 radical (unpaired) electrons. The first-order chi connectivity index (χ1) is 11.3. The summed E-state index contributed by atoms with van der Waals surface area (Å²) >= 11 is 0. The minimum Gasteiger partial charge on any atom is -0.334 e. The molecule has 0 saturated heterocycles. The lowest BCUT2D eigenvalue weighted by molar-refractivity contribution is 0.251. The van der Waals surface area contributed by atoms with Gasteiger partial charge in [-0.2, -0.15) is 0 Å². The molecule has 0 saturated carbocycles. The van der Waals surface area contributed by atoms with E-state index in [0.717, 1.165) is 11.1 Å². The number of amides is 2. The number of nitrogens with one attached hydrogen (secondary N) is 2. The number of urea groups is 1. The minimum absolute atomic E-state index is 0.130. The third-order valence-electron chi connectivity index (χ3n) is 3.64. The summed E-state index contributed by atoms with van der Waals surface area (Å²) in [4.78, 5) is 12.2. The third kappa shape index (κ3) is 4.35. The Bertz CT molecular complexity index is 812. The van der Waals surface area contributed by atoms with Crippen molar-refractivity contribution in [2.45, 2.75) is 37.5 Å². The summed E-state index contributed by atoms with van der Waals surface area (Å²) in [5.74, 6) is 0. The van der Waals surface area contributed by atoms with Crippen molar-refractivity contribution >= 4 is 21.6 Å². The molecule has 0 aliphatic rings. The Kier molecular flexibility index (Phi) is 5.62. The van der Waals surface area contributed by atoms with Crippen molar-refractivity contribution < 1.29 is 13.2 Å². The monoisotopic (exact) mass is 346 g/mol. The van der Waals surface area contributed by atoms with Crippen molar-refractivity contribution in [3.8, 4) is 0 Å². The summed E-state index contributed by atoms with van der Waals surface area (Å²) in [6, 6.07) is 13.8. The van der Waals surface area contributed by atoms with Crippen LogP contribution in [0.4, 0.5) is 10.5 Å². The van der Waals surface area contributed by atoms with Crippen molar-refractivity contribution in [3.63, 3.8) is 0 Å². The number of carbonyl (C=O) groups is 1. The second kappa shape index (κ2) is 7.49. The smallest absolute Gasteiger partial charge is 0.319 e. The molecule has 128 valence electrons. The SMILES string of the molecule is Cc1ccc(CNC(=O)Nc2ccccc2S(=O)(=O)C(C)C)cc1. The van der Waals surface area contributed by atoms with Crippen LogP contribution in [0.1, 0.15) is 25.0 Å². The van der Waals surface area contributed by atoms with E-state index in [9.17, 15) is 13.2 Å². The molecule has 0 bridgehead atoms. The van der Waals surface area contributed by atoms with E-state index in [-0.39, 0.29) is 10.6 Å². The van der Waals surface area contributed by atoms with E-state index in [2.05, 4.69) is 10.6 Å². The van der Waals surface area contributed by atoms with E-state index in [0.29, 0.717) is 6.54 Å². The summed E-state index contributed by atoms with van der Waals surface area (Å²) in [7, 11) is -3.47. The molecule has 2 aromatic rings. The zero-order valence-corrected chi connectivity index (χ0v) is 14.9. The molecule has 0 aromatic heterocycles. The van der Waals surface area contributed by atoms with E-state index in [1.54, 1.807) is 32.0 Å². The highest BCUT2D eigenvalue weighted by Crippen LogP contribution is 2.24. The normalized spacial score (nSPS) is 11.3. The van der Waals surface area contributed by atoms with Gasteiger partial charge in [-0.25, -0.2) is 13.2 Å². The number of para-hydroxylation sites is 1. The minimum atomic E-state index is -3.47. The van der Waals surface area contributed by atoms with Gasteiger partial charge in [0.15, 0.2) is 9.84 Å². The molecule has 2 N–H and O–H groups in total. The fourth-order valence-corrected chi connectivity index (χ4v) is 3.33. The van der Waals surface area contributed by atoms with Gasteiger partial charge in [0, 0.05) is 6.54 Å². The highest BCUT2D eigenvalue weighted by atomic mass is 32.2. The maximum absolute atomic E-state index is 12.4. The molecule has 2 amide bonds. The molecule has 0 aliphatic carbocycles. The van der Waals surface area contributed by atoms with Crippen LogP contribution < -0.4 is 10.6 Å². The maximum atomic E-state index is 12.4. The first kappa shape index (κ1) is 18.0. The number of rotatable bonds is 5. The maximum Gasteiger partial charge on any atom is 0.319 e. The summed E-state index contributed by atoms with van der Waals surface area (Å²) in [5, 5.41) is 4.79. The molecule has 0 heterocycles. The van der Waals surface area contributed by atoms with Gasteiger partial charge in [-0.3, -0.25) is 0 Å². The topological polar surface area (TPSA) is 75.3 Å². The number of hydrogen-bond acceptors (Lipinski definition) is 3. The standard InChI is InChI=1S/C18H22N2O3S/c1-13(2)24(22,23)17-7-5-4-6-16(17)20-18(21)19-12-15-10-8-14(3)9-11-15/h4-11,13H,12H2,1-3H3,(H2,19,20,21). The van der Waals surface area contributed by atoms with Crippen LogP contribution in [0.2, 0.25) is 0 Å². The van der Waals surface area contributed by atoms with Crippen molar-refractivity contribution in [1.29, 1.82) is 0 Å². The zero-order chi connectivity index (χ0) is 17.7. The van der Waals surface area contributed by atoms with Crippen molar-refractivity contribution in [2.24, 2.45) is 0 Å². The third-order valence-corrected chi connectivity index (χ3v) is 5.85. The Morgan fingerprint density at radius 3 is 2.29 bits per heavy atom. The Labute approximate surface area is 143 Å². The number of benzene rings is 2. The van der Waals surface area contributed by atoms with E-state index in [4.69, 9.17) is 0 Å². The molecule has 0 aliphatic heterocycles. The predicted octanol–water partition coefficient (Wildman–Crippen LogP) is 3.50. The zero-order valence-electron chi connectivity index (χ0n) is 14.0. The first-order valence-electron chi connectivity index (χ1n) is 7.74. The molecule has 0 unspecified atom stereocenters. The van der Waals surface area contributed by atoms with Crippen LogP contribution in [0.5, 0.6) is 0 Å². The quantitative estimate of drug-likeness (QED) is 0.870. The van der Waals surface area contributed by atoms with Gasteiger partial charge in [-0.15, -0.1) is 0 Å². The fourth-order valence-electron chi connectivity index (χ4n) is 2.13. The van der Waals surface area contributed by atoms with Crippen LogP contribution >= 0.6 is 0 Å². The van der Waals surface area contributed by atoms with E-state index in [1.165, 1.54) is 6.07 Å². The molecular formula is C18H22N2O3S. The highest BCUT2D eigenvalue weighted by molar-refractivity contribution is 7.92. The average Bonchev–Trinajstić information content (AvgIpc) is 2.54. The molecular weight excluding hydrogens is 324 g/mol. The Morgan fingerprint density at radius 1 is 1.04 bits per heavy atom. The van der Waals surface area contributed by atoms with Gasteiger partial charge in [0.25, 0.3) is 0 Å². The average molecular weight is 346 g/mol. The fraction of sp³-hybridized carbons (Fsp3) is 0.278. The van der Waals surface area contributed by atoms with E-state index >= 15 is 0 Å². The number of sulfone groups is 1. The van der Waals surface area contributed by atoms with Crippen LogP contribution in [-0.4, -0.2) is 19.7 Å². The Balaban J connectivity index is 2.08. The summed E-state index contributed by atoms with van der Waals surface area (Å²) in [5.41, 5.74) is 2.41. The summed E-state index contributed by atoms with van der Waals surface area (Å²) < 4.78 is 24.7. The lowest BCUT2D eigenvalue weighted by atomic mass is 10.1. The van der Waals surface area contributed by atoms with Crippen molar-refractivity contribution in [3.05, 3.63) is 59.7 Å². The van der Waals surface area contributed by atoms with Crippen molar-refractivity contribution in [2.75, 3.05) is 5.32 Å². The van der Waals surface area contributed by atoms with Gasteiger partial charge in [-0.05, 0) is 38.5 Å². The second-order valence-electron chi connectivity index (χ2n) is 5.88. The lowest BCUT2D eigenvalue weighted by Crippen LogP contribution is -2.29. The Morgan fingerprint density at radius 2 is 1.67 bits per heavy atom. The van der Waals surface area contributed by atoms with Crippen LogP contribution in [-0.2, 0) is 16.4 Å². The van der Waals surface area contributed by atoms with E-state index in [1.807, 2.05) is 31.2 Å². The van der Waals surface area contributed by atoms with Gasteiger partial charge in [0.1, 0.15) is 0 Å². The summed E-state index contributed by atoms with van der Waals surface area (Å²) in [6.45, 7) is 5.59. The molecule has 0 spiro atoms. The molecule has 2 rings (SSSR count). The number of anilines is 1. The Hall–Kier alpha value is -2.34. The molecule has 0 atom stereocenters. The second-order valence-corrected chi connectivity index (χ2v) is 8.36. The highest BCUT2D eigenvalue weighted by Gasteiger charge is 2.23. The lowest BCUT2D eigenvalue weighted by Gasteiger charge is -2.14. The largest absolute Gasteiger partial charge is 0.334 e. The van der Waals surface area contributed by atoms with Crippen molar-refractivity contribution in [1.82, 2.24) is 5.32 Å². The number of hydrogen-bond donors (Lipinski definition) is 2. The van der Waals surface area contributed by atoms with Crippen LogP contribution in [0.3, 0.4) is 0 Å². The van der Waals surface area contributed by atoms with Gasteiger partial charge in [0.05, 0.1) is 15.8 Å². The van der Waals surface area contributed by atoms with Gasteiger partial charge >= 0.3 is 6.03 Å². The van der Waals surface area contributed by atoms with E-state index < -0.39 is 21.1 Å². The van der Waals surface area contributed by atoms with Crippen LogP contribution in [0.15, 0.2) is 53.4 Å². The molecule has 6 heteroatoms. The molecule has 24 heavy (non-hydrogen) atoms. The predicted molar refractivity (Wildman–Crippen MR) is 95.8 cm³/mol. The molecule has 5 nitrogen and oxygen atoms in total. The van der Waals surface area contributed by atoms with Crippen LogP contribution in [0.25, 0.3) is 0 Å². The summed E-state index contributed by atoms with van der Waals surface area (Å²) in [6.07, 6.45) is 0. The van der Waals surface area contributed by atoms with Gasteiger partial charge in [-0.1, -0.05) is 42.0 Å². The van der Waals surface area contributed by atoms with Gasteiger partial charge in [0.2, 0.25) is 0 Å². The number of aryl methyl sites for hydroxylation is 1. The number of carbonyl (C=O) groups excluding carboxylic acids is 1.